The molecule has 35 heavy (non-hydrogen) atoms. The summed E-state index contributed by atoms with van der Waals surface area (Å²) in [4.78, 5) is 18.9. The van der Waals surface area contributed by atoms with Crippen LogP contribution < -0.4 is 9.64 Å². The molecule has 0 atom stereocenters. The van der Waals surface area contributed by atoms with Gasteiger partial charge in [0.05, 0.1) is 18.5 Å². The summed E-state index contributed by atoms with van der Waals surface area (Å²) in [6.45, 7) is 0.0579. The SMILES string of the molecule is C#Cc1ccccc1C1=NCC(=O)N(C)c2cc(OC)c(-c3ccccc3)cc21.c1cc2ccc1-2. The van der Waals surface area contributed by atoms with Crippen molar-refractivity contribution in [2.24, 2.45) is 4.99 Å². The second-order valence-corrected chi connectivity index (χ2v) is 8.32. The van der Waals surface area contributed by atoms with Crippen LogP contribution in [-0.2, 0) is 4.79 Å². The first kappa shape index (κ1) is 22.2. The van der Waals surface area contributed by atoms with Crippen LogP contribution in [0.2, 0.25) is 0 Å². The largest absolute Gasteiger partial charge is 0.496 e. The molecule has 0 bridgehead atoms. The lowest BCUT2D eigenvalue weighted by molar-refractivity contribution is -0.116. The van der Waals surface area contributed by atoms with Crippen molar-refractivity contribution in [1.82, 2.24) is 0 Å². The highest BCUT2D eigenvalue weighted by molar-refractivity contribution is 6.21. The molecule has 1 aliphatic heterocycles. The van der Waals surface area contributed by atoms with E-state index in [2.05, 4.69) is 35.2 Å². The van der Waals surface area contributed by atoms with Gasteiger partial charge in [-0.25, -0.2) is 0 Å². The first-order valence-electron chi connectivity index (χ1n) is 11.4. The van der Waals surface area contributed by atoms with Gasteiger partial charge >= 0.3 is 0 Å². The zero-order valence-corrected chi connectivity index (χ0v) is 19.7. The van der Waals surface area contributed by atoms with E-state index in [0.29, 0.717) is 11.5 Å². The lowest BCUT2D eigenvalue weighted by Crippen LogP contribution is -2.27. The standard InChI is InChI=1S/C25H20N2O2.C6H4/c1-4-17-10-8-9-13-19(17)25-21-14-20(18-11-6-5-7-12-18)23(29-3)15-22(21)27(2)24(28)16-26-25;1-2-6-4-3-5(1)6/h1,5-15H,16H2,2-3H3;1-4H. The minimum Gasteiger partial charge on any atom is -0.496 e. The van der Waals surface area contributed by atoms with Crippen molar-refractivity contribution in [2.45, 2.75) is 0 Å². The lowest BCUT2D eigenvalue weighted by atomic mass is 9.92. The number of methoxy groups -OCH3 is 1. The van der Waals surface area contributed by atoms with E-state index in [4.69, 9.17) is 11.2 Å². The van der Waals surface area contributed by atoms with E-state index >= 15 is 0 Å². The number of ether oxygens (including phenoxy) is 1. The van der Waals surface area contributed by atoms with Gasteiger partial charge in [0.25, 0.3) is 0 Å². The summed E-state index contributed by atoms with van der Waals surface area (Å²) in [5.41, 5.74) is 8.69. The van der Waals surface area contributed by atoms with E-state index in [9.17, 15) is 4.79 Å². The van der Waals surface area contributed by atoms with Gasteiger partial charge in [-0.1, -0.05) is 78.7 Å². The monoisotopic (exact) mass is 456 g/mol. The maximum absolute atomic E-state index is 12.6. The topological polar surface area (TPSA) is 41.9 Å². The summed E-state index contributed by atoms with van der Waals surface area (Å²) in [5, 5.41) is 0. The number of benzodiazepines with no additional fused rings is 1. The molecule has 2 aliphatic carbocycles. The molecule has 0 N–H and O–H groups in total. The fourth-order valence-electron chi connectivity index (χ4n) is 4.23. The van der Waals surface area contributed by atoms with Gasteiger partial charge in [-0.2, -0.15) is 0 Å². The number of benzene rings is 4. The zero-order valence-electron chi connectivity index (χ0n) is 19.7. The molecule has 0 radical (unpaired) electrons. The Balaban J connectivity index is 0.000000362. The van der Waals surface area contributed by atoms with Gasteiger partial charge < -0.3 is 9.64 Å². The van der Waals surface area contributed by atoms with Crippen LogP contribution in [-0.4, -0.2) is 32.3 Å². The van der Waals surface area contributed by atoms with Crippen LogP contribution in [0.25, 0.3) is 22.3 Å². The van der Waals surface area contributed by atoms with Gasteiger partial charge in [0.15, 0.2) is 0 Å². The average Bonchev–Trinajstić information content (AvgIpc) is 3.02. The van der Waals surface area contributed by atoms with Gasteiger partial charge in [0.1, 0.15) is 12.3 Å². The van der Waals surface area contributed by atoms with E-state index in [0.717, 1.165) is 33.5 Å². The van der Waals surface area contributed by atoms with Crippen LogP contribution in [0.1, 0.15) is 16.7 Å². The number of carbonyl (C=O) groups is 1. The van der Waals surface area contributed by atoms with Crippen molar-refractivity contribution in [3.63, 3.8) is 0 Å². The predicted molar refractivity (Wildman–Crippen MR) is 142 cm³/mol. The molecular formula is C31H24N2O2. The number of terminal acetylenes is 1. The second-order valence-electron chi connectivity index (χ2n) is 8.32. The van der Waals surface area contributed by atoms with Gasteiger partial charge in [-0.3, -0.25) is 9.79 Å². The molecule has 3 aliphatic rings. The Morgan fingerprint density at radius 2 is 1.49 bits per heavy atom. The minimum atomic E-state index is -0.0889. The summed E-state index contributed by atoms with van der Waals surface area (Å²) in [5.74, 6) is 3.34. The number of hydrogen-bond donors (Lipinski definition) is 0. The molecule has 1 heterocycles. The van der Waals surface area contributed by atoms with Crippen LogP contribution >= 0.6 is 0 Å². The van der Waals surface area contributed by atoms with Crippen LogP contribution in [0.4, 0.5) is 5.69 Å². The Morgan fingerprint density at radius 1 is 0.829 bits per heavy atom. The summed E-state index contributed by atoms with van der Waals surface area (Å²) in [6.07, 6.45) is 5.74. The third-order valence-corrected chi connectivity index (χ3v) is 6.32. The molecule has 0 aromatic heterocycles. The Bertz CT molecular complexity index is 1460. The third-order valence-electron chi connectivity index (χ3n) is 6.32. The highest BCUT2D eigenvalue weighted by Crippen LogP contribution is 2.38. The zero-order chi connectivity index (χ0) is 24.4. The van der Waals surface area contributed by atoms with Gasteiger partial charge in [-0.15, -0.1) is 6.42 Å². The number of fused-ring (bicyclic) bond motifs is 2. The van der Waals surface area contributed by atoms with Gasteiger partial charge in [-0.05, 0) is 28.8 Å². The summed E-state index contributed by atoms with van der Waals surface area (Å²) in [6, 6.07) is 30.1. The third kappa shape index (κ3) is 4.09. The number of amides is 1. The molecule has 3 aromatic rings. The molecule has 0 saturated carbocycles. The molecule has 4 nitrogen and oxygen atoms in total. The summed E-state index contributed by atoms with van der Waals surface area (Å²) < 4.78 is 5.67. The number of likely N-dealkylation sites (N-methyl/N-ethyl adjacent to an activating group) is 1. The molecular weight excluding hydrogens is 432 g/mol. The Morgan fingerprint density at radius 3 is 2.09 bits per heavy atom. The van der Waals surface area contributed by atoms with Crippen LogP contribution in [0.5, 0.6) is 5.75 Å². The van der Waals surface area contributed by atoms with Crippen molar-refractivity contribution in [3.8, 4) is 40.3 Å². The highest BCUT2D eigenvalue weighted by Gasteiger charge is 2.26. The van der Waals surface area contributed by atoms with Crippen LogP contribution in [0.15, 0.2) is 96.0 Å². The molecule has 3 aromatic carbocycles. The molecule has 170 valence electrons. The number of nitrogens with zero attached hydrogens (tertiary/aromatic N) is 2. The molecule has 0 spiro atoms. The van der Waals surface area contributed by atoms with Crippen molar-refractivity contribution in [3.05, 3.63) is 108 Å². The fourth-order valence-corrected chi connectivity index (χ4v) is 4.23. The maximum atomic E-state index is 12.6. The average molecular weight is 457 g/mol. The maximum Gasteiger partial charge on any atom is 0.248 e. The smallest absolute Gasteiger partial charge is 0.248 e. The number of hydrogen-bond acceptors (Lipinski definition) is 3. The number of rotatable bonds is 3. The Hall–Kier alpha value is -4.62. The second kappa shape index (κ2) is 9.32. The van der Waals surface area contributed by atoms with Crippen molar-refractivity contribution in [2.75, 3.05) is 25.6 Å². The predicted octanol–water partition coefficient (Wildman–Crippen LogP) is 5.82. The fraction of sp³-hybridized carbons (Fsp3) is 0.0968. The molecule has 6 rings (SSSR count). The normalized spacial score (nSPS) is 12.9. The lowest BCUT2D eigenvalue weighted by Gasteiger charge is -2.21. The van der Waals surface area contributed by atoms with Crippen LogP contribution in [0, 0.1) is 12.3 Å². The van der Waals surface area contributed by atoms with E-state index in [1.54, 1.807) is 19.1 Å². The highest BCUT2D eigenvalue weighted by atomic mass is 16.5. The summed E-state index contributed by atoms with van der Waals surface area (Å²) >= 11 is 0. The molecule has 0 unspecified atom stereocenters. The first-order chi connectivity index (χ1) is 17.1. The molecule has 4 heteroatoms. The summed E-state index contributed by atoms with van der Waals surface area (Å²) in [7, 11) is 3.39. The van der Waals surface area contributed by atoms with Crippen molar-refractivity contribution < 1.29 is 9.53 Å². The van der Waals surface area contributed by atoms with Crippen molar-refractivity contribution >= 4 is 17.3 Å². The Labute approximate surface area is 205 Å². The molecule has 0 fully saturated rings. The number of carbonyl (C=O) groups excluding carboxylic acids is 1. The van der Waals surface area contributed by atoms with Gasteiger partial charge in [0, 0.05) is 35.4 Å². The minimum absolute atomic E-state index is 0.0579. The van der Waals surface area contributed by atoms with Crippen LogP contribution in [0.3, 0.4) is 0 Å². The van der Waals surface area contributed by atoms with E-state index in [-0.39, 0.29) is 12.5 Å². The van der Waals surface area contributed by atoms with Crippen molar-refractivity contribution in [1.29, 1.82) is 0 Å². The number of anilines is 1. The number of aliphatic imine (C=N–C) groups is 1. The molecule has 1 amide bonds. The van der Waals surface area contributed by atoms with Gasteiger partial charge in [0.2, 0.25) is 5.91 Å². The quantitative estimate of drug-likeness (QED) is 0.321. The molecule has 0 saturated heterocycles. The van der Waals surface area contributed by atoms with E-state index in [1.807, 2.05) is 66.7 Å². The first-order valence-corrected chi connectivity index (χ1v) is 11.4. The van der Waals surface area contributed by atoms with E-state index < -0.39 is 0 Å². The van der Waals surface area contributed by atoms with E-state index in [1.165, 1.54) is 11.1 Å². The Kier molecular flexibility index (Phi) is 5.91.